The number of methoxy groups -OCH3 is 4. The van der Waals surface area contributed by atoms with Gasteiger partial charge in [0.05, 0.1) is 28.4 Å². The predicted molar refractivity (Wildman–Crippen MR) is 104 cm³/mol. The van der Waals surface area contributed by atoms with Gasteiger partial charge in [0.2, 0.25) is 5.75 Å². The molecule has 0 aliphatic carbocycles. The third kappa shape index (κ3) is 5.04. The number of ketones is 1. The van der Waals surface area contributed by atoms with Gasteiger partial charge in [-0.05, 0) is 54.1 Å². The molecule has 6 nitrogen and oxygen atoms in total. The Balaban J connectivity index is 2.19. The van der Waals surface area contributed by atoms with E-state index in [1.165, 1.54) is 52.7 Å². The first-order valence-electron chi connectivity index (χ1n) is 8.09. The van der Waals surface area contributed by atoms with Crippen LogP contribution in [-0.4, -0.2) is 39.3 Å². The number of phenolic OH excluding ortho intramolecular Hbond substituents is 1. The molecule has 6 heteroatoms. The Labute approximate surface area is 158 Å². The monoisotopic (exact) mass is 370 g/mol. The molecule has 0 saturated carbocycles. The highest BCUT2D eigenvalue weighted by molar-refractivity contribution is 6.04. The second-order valence-corrected chi connectivity index (χ2v) is 5.45. The normalized spacial score (nSPS) is 11.0. The molecule has 2 aromatic carbocycles. The van der Waals surface area contributed by atoms with Crippen LogP contribution in [0.2, 0.25) is 0 Å². The van der Waals surface area contributed by atoms with Gasteiger partial charge in [0.1, 0.15) is 11.5 Å². The van der Waals surface area contributed by atoms with Gasteiger partial charge in [0.15, 0.2) is 17.3 Å². The number of allylic oxidation sites excluding steroid dienone is 2. The lowest BCUT2D eigenvalue weighted by molar-refractivity contribution is -0.110. The van der Waals surface area contributed by atoms with E-state index in [9.17, 15) is 9.90 Å². The maximum Gasteiger partial charge on any atom is 0.203 e. The average molecular weight is 370 g/mol. The van der Waals surface area contributed by atoms with Gasteiger partial charge in [-0.15, -0.1) is 0 Å². The molecule has 0 fully saturated rings. The van der Waals surface area contributed by atoms with Crippen LogP contribution in [0.4, 0.5) is 0 Å². The Morgan fingerprint density at radius 3 is 2.04 bits per heavy atom. The van der Waals surface area contributed by atoms with E-state index in [0.717, 1.165) is 5.56 Å². The van der Waals surface area contributed by atoms with E-state index >= 15 is 0 Å². The van der Waals surface area contributed by atoms with E-state index in [1.807, 2.05) is 0 Å². The van der Waals surface area contributed by atoms with Gasteiger partial charge in [-0.3, -0.25) is 4.79 Å². The van der Waals surface area contributed by atoms with E-state index < -0.39 is 0 Å². The van der Waals surface area contributed by atoms with Crippen molar-refractivity contribution in [1.29, 1.82) is 0 Å². The van der Waals surface area contributed by atoms with Crippen LogP contribution < -0.4 is 18.9 Å². The number of ether oxygens (including phenoxy) is 4. The Kier molecular flexibility index (Phi) is 6.88. The van der Waals surface area contributed by atoms with Crippen molar-refractivity contribution in [3.05, 3.63) is 53.6 Å². The van der Waals surface area contributed by atoms with Crippen LogP contribution in [0.3, 0.4) is 0 Å². The van der Waals surface area contributed by atoms with E-state index in [2.05, 4.69) is 0 Å². The van der Waals surface area contributed by atoms with Gasteiger partial charge < -0.3 is 24.1 Å². The summed E-state index contributed by atoms with van der Waals surface area (Å²) >= 11 is 0. The second kappa shape index (κ2) is 9.33. The van der Waals surface area contributed by atoms with E-state index in [4.69, 9.17) is 18.9 Å². The molecule has 0 saturated heterocycles. The van der Waals surface area contributed by atoms with Crippen molar-refractivity contribution in [2.24, 2.45) is 0 Å². The lowest BCUT2D eigenvalue weighted by Crippen LogP contribution is -1.95. The summed E-state index contributed by atoms with van der Waals surface area (Å²) in [5.41, 5.74) is 1.21. The fourth-order valence-electron chi connectivity index (χ4n) is 2.40. The van der Waals surface area contributed by atoms with Crippen LogP contribution in [0.15, 0.2) is 42.5 Å². The molecule has 0 aliphatic rings. The fourth-order valence-corrected chi connectivity index (χ4v) is 2.40. The van der Waals surface area contributed by atoms with Crippen molar-refractivity contribution in [1.82, 2.24) is 0 Å². The van der Waals surface area contributed by atoms with Gasteiger partial charge in [-0.25, -0.2) is 0 Å². The number of rotatable bonds is 8. The molecule has 0 bridgehead atoms. The first-order chi connectivity index (χ1) is 13.0. The molecule has 0 aromatic heterocycles. The van der Waals surface area contributed by atoms with Crippen LogP contribution >= 0.6 is 0 Å². The van der Waals surface area contributed by atoms with E-state index in [-0.39, 0.29) is 11.5 Å². The summed E-state index contributed by atoms with van der Waals surface area (Å²) in [6, 6.07) is 8.26. The Bertz CT molecular complexity index is 842. The number of hydrogen-bond acceptors (Lipinski definition) is 6. The highest BCUT2D eigenvalue weighted by Crippen LogP contribution is 2.38. The van der Waals surface area contributed by atoms with Crippen molar-refractivity contribution in [2.45, 2.75) is 0 Å². The standard InChI is InChI=1S/C21H22O6/c1-24-17-9-10-18(23)15(13-17)6-8-16(22)7-5-14-11-19(25-2)21(27-4)20(12-14)26-3/h5-13,23H,1-4H3/b7-5+,8-6+. The van der Waals surface area contributed by atoms with Crippen molar-refractivity contribution in [3.8, 4) is 28.7 Å². The summed E-state index contributed by atoms with van der Waals surface area (Å²) in [4.78, 5) is 12.1. The quantitative estimate of drug-likeness (QED) is 0.714. The molecule has 0 aliphatic heterocycles. The predicted octanol–water partition coefficient (Wildman–Crippen LogP) is 3.72. The third-order valence-corrected chi connectivity index (χ3v) is 3.79. The summed E-state index contributed by atoms with van der Waals surface area (Å²) in [7, 11) is 6.11. The molecule has 0 heterocycles. The minimum Gasteiger partial charge on any atom is -0.507 e. The molecule has 0 amide bonds. The van der Waals surface area contributed by atoms with Crippen LogP contribution in [-0.2, 0) is 4.79 Å². The summed E-state index contributed by atoms with van der Waals surface area (Å²) in [6.45, 7) is 0. The number of carbonyl (C=O) groups is 1. The Hall–Kier alpha value is -3.41. The number of aromatic hydroxyl groups is 1. The SMILES string of the molecule is COc1ccc(O)c(/C=C/C(=O)/C=C/c2cc(OC)c(OC)c(OC)c2)c1. The third-order valence-electron chi connectivity index (χ3n) is 3.79. The fraction of sp³-hybridized carbons (Fsp3) is 0.190. The molecule has 27 heavy (non-hydrogen) atoms. The molecule has 142 valence electrons. The second-order valence-electron chi connectivity index (χ2n) is 5.45. The number of benzene rings is 2. The minimum atomic E-state index is -0.244. The lowest BCUT2D eigenvalue weighted by Gasteiger charge is -2.12. The van der Waals surface area contributed by atoms with Gasteiger partial charge in [0.25, 0.3) is 0 Å². The highest BCUT2D eigenvalue weighted by Gasteiger charge is 2.12. The topological polar surface area (TPSA) is 74.2 Å². The van der Waals surface area contributed by atoms with Crippen molar-refractivity contribution in [2.75, 3.05) is 28.4 Å². The van der Waals surface area contributed by atoms with Crippen LogP contribution in [0.1, 0.15) is 11.1 Å². The van der Waals surface area contributed by atoms with Gasteiger partial charge in [-0.1, -0.05) is 6.08 Å². The number of carbonyl (C=O) groups excluding carboxylic acids is 1. The zero-order chi connectivity index (χ0) is 19.8. The number of hydrogen-bond donors (Lipinski definition) is 1. The van der Waals surface area contributed by atoms with Gasteiger partial charge >= 0.3 is 0 Å². The highest BCUT2D eigenvalue weighted by atomic mass is 16.5. The van der Waals surface area contributed by atoms with Crippen molar-refractivity contribution >= 4 is 17.9 Å². The zero-order valence-electron chi connectivity index (χ0n) is 15.7. The molecule has 1 N–H and O–H groups in total. The van der Waals surface area contributed by atoms with Crippen LogP contribution in [0.25, 0.3) is 12.2 Å². The summed E-state index contributed by atoms with van der Waals surface area (Å²) < 4.78 is 21.0. The summed E-state index contributed by atoms with van der Waals surface area (Å²) in [6.07, 6.45) is 5.94. The number of phenols is 1. The van der Waals surface area contributed by atoms with E-state index in [0.29, 0.717) is 28.6 Å². The average Bonchev–Trinajstić information content (AvgIpc) is 2.70. The maximum absolute atomic E-state index is 12.1. The van der Waals surface area contributed by atoms with Gasteiger partial charge in [-0.2, -0.15) is 0 Å². The summed E-state index contributed by atoms with van der Waals surface area (Å²) in [5, 5.41) is 9.84. The molecular weight excluding hydrogens is 348 g/mol. The van der Waals surface area contributed by atoms with Crippen LogP contribution in [0.5, 0.6) is 28.7 Å². The minimum absolute atomic E-state index is 0.0634. The van der Waals surface area contributed by atoms with Crippen molar-refractivity contribution in [3.63, 3.8) is 0 Å². The van der Waals surface area contributed by atoms with Gasteiger partial charge in [0, 0.05) is 5.56 Å². The molecule has 2 rings (SSSR count). The first kappa shape index (κ1) is 19.9. The Morgan fingerprint density at radius 2 is 1.48 bits per heavy atom. The Morgan fingerprint density at radius 1 is 0.852 bits per heavy atom. The molecular formula is C21H22O6. The molecule has 2 aromatic rings. The summed E-state index contributed by atoms with van der Waals surface area (Å²) in [5.74, 6) is 1.89. The van der Waals surface area contributed by atoms with Crippen molar-refractivity contribution < 1.29 is 28.8 Å². The first-order valence-corrected chi connectivity index (χ1v) is 8.09. The molecule has 0 atom stereocenters. The van der Waals surface area contributed by atoms with Crippen LogP contribution in [0, 0.1) is 0 Å². The smallest absolute Gasteiger partial charge is 0.203 e. The molecule has 0 spiro atoms. The lowest BCUT2D eigenvalue weighted by atomic mass is 10.1. The largest absolute Gasteiger partial charge is 0.507 e. The molecule has 0 unspecified atom stereocenters. The zero-order valence-corrected chi connectivity index (χ0v) is 15.7. The molecule has 0 radical (unpaired) electrons. The van der Waals surface area contributed by atoms with E-state index in [1.54, 1.807) is 30.3 Å². The maximum atomic E-state index is 12.1.